The molecule has 0 saturated heterocycles. The molecule has 0 bridgehead atoms. The minimum Gasteiger partial charge on any atom is -0.400 e. The van der Waals surface area contributed by atoms with Gasteiger partial charge in [0.15, 0.2) is 0 Å². The van der Waals surface area contributed by atoms with E-state index in [1.165, 1.54) is 5.56 Å². The third-order valence-electron chi connectivity index (χ3n) is 1.82. The number of rotatable bonds is 4. The molecule has 0 amide bonds. The van der Waals surface area contributed by atoms with Crippen LogP contribution in [-0.4, -0.2) is 23.5 Å². The second kappa shape index (κ2) is 5.39. The highest BCUT2D eigenvalue weighted by atomic mass is 35.5. The minimum absolute atomic E-state index is 0.762. The molecule has 0 fully saturated rings. The summed E-state index contributed by atoms with van der Waals surface area (Å²) in [6.45, 7) is 0. The van der Waals surface area contributed by atoms with E-state index < -0.39 is 9.28 Å². The van der Waals surface area contributed by atoms with E-state index in [9.17, 15) is 0 Å². The number of benzene rings is 1. The smallest absolute Gasteiger partial charge is 0.325 e. The summed E-state index contributed by atoms with van der Waals surface area (Å²) >= 11 is 5.85. The standard InChI is InChI=1S/C9H13ClO2Si/c1-11-13(12-2)7-8-4-3-5-9(10)6-8/h3-6,13H,7H2,1-2H3. The SMILES string of the molecule is CO[SiH](Cc1cccc(Cl)c1)OC. The molecule has 1 aromatic carbocycles. The summed E-state index contributed by atoms with van der Waals surface area (Å²) in [6.07, 6.45) is 0. The third kappa shape index (κ3) is 3.48. The quantitative estimate of drug-likeness (QED) is 0.717. The van der Waals surface area contributed by atoms with Crippen LogP contribution in [0.3, 0.4) is 0 Å². The first-order valence-electron chi connectivity index (χ1n) is 4.06. The van der Waals surface area contributed by atoms with Crippen LogP contribution >= 0.6 is 11.6 Å². The van der Waals surface area contributed by atoms with Crippen LogP contribution in [0.15, 0.2) is 24.3 Å². The van der Waals surface area contributed by atoms with Gasteiger partial charge in [0.25, 0.3) is 0 Å². The fourth-order valence-corrected chi connectivity index (χ4v) is 2.50. The van der Waals surface area contributed by atoms with E-state index in [1.807, 2.05) is 24.3 Å². The van der Waals surface area contributed by atoms with E-state index in [0.717, 1.165) is 11.1 Å². The van der Waals surface area contributed by atoms with Crippen molar-refractivity contribution in [1.29, 1.82) is 0 Å². The van der Waals surface area contributed by atoms with E-state index in [-0.39, 0.29) is 0 Å². The van der Waals surface area contributed by atoms with Crippen molar-refractivity contribution < 1.29 is 8.85 Å². The minimum atomic E-state index is -1.50. The Kier molecular flexibility index (Phi) is 4.45. The maximum atomic E-state index is 5.85. The molecule has 0 atom stereocenters. The maximum absolute atomic E-state index is 5.85. The molecule has 0 unspecified atom stereocenters. The van der Waals surface area contributed by atoms with Crippen molar-refractivity contribution in [2.45, 2.75) is 6.04 Å². The lowest BCUT2D eigenvalue weighted by Gasteiger charge is -2.10. The predicted molar refractivity (Wildman–Crippen MR) is 56.3 cm³/mol. The van der Waals surface area contributed by atoms with Crippen molar-refractivity contribution >= 4 is 20.9 Å². The fraction of sp³-hybridized carbons (Fsp3) is 0.333. The van der Waals surface area contributed by atoms with E-state index >= 15 is 0 Å². The molecular formula is C9H13ClO2Si. The first-order valence-corrected chi connectivity index (χ1v) is 6.20. The Hall–Kier alpha value is -0.353. The molecule has 0 radical (unpaired) electrons. The van der Waals surface area contributed by atoms with Crippen LogP contribution in [0.2, 0.25) is 5.02 Å². The van der Waals surface area contributed by atoms with Gasteiger partial charge in [0.05, 0.1) is 0 Å². The molecule has 0 aromatic heterocycles. The molecule has 1 rings (SSSR count). The second-order valence-electron chi connectivity index (χ2n) is 2.74. The van der Waals surface area contributed by atoms with Crippen molar-refractivity contribution in [1.82, 2.24) is 0 Å². The number of halogens is 1. The monoisotopic (exact) mass is 216 g/mol. The van der Waals surface area contributed by atoms with Crippen molar-refractivity contribution in [3.05, 3.63) is 34.9 Å². The fourth-order valence-electron chi connectivity index (χ4n) is 1.12. The first kappa shape index (κ1) is 10.7. The molecule has 2 nitrogen and oxygen atoms in total. The van der Waals surface area contributed by atoms with Crippen LogP contribution in [0.1, 0.15) is 5.56 Å². The maximum Gasteiger partial charge on any atom is 0.325 e. The van der Waals surface area contributed by atoms with Crippen LogP contribution in [0.4, 0.5) is 0 Å². The Morgan fingerprint density at radius 1 is 1.31 bits per heavy atom. The van der Waals surface area contributed by atoms with Gasteiger partial charge < -0.3 is 8.85 Å². The lowest BCUT2D eigenvalue weighted by Crippen LogP contribution is -2.22. The van der Waals surface area contributed by atoms with Crippen LogP contribution in [0.25, 0.3) is 0 Å². The summed E-state index contributed by atoms with van der Waals surface area (Å²) in [5.74, 6) is 0. The van der Waals surface area contributed by atoms with Crippen molar-refractivity contribution in [2.75, 3.05) is 14.2 Å². The molecule has 1 aromatic rings. The lowest BCUT2D eigenvalue weighted by molar-refractivity contribution is 0.277. The highest BCUT2D eigenvalue weighted by molar-refractivity contribution is 6.43. The summed E-state index contributed by atoms with van der Waals surface area (Å²) in [4.78, 5) is 0. The zero-order valence-corrected chi connectivity index (χ0v) is 9.70. The van der Waals surface area contributed by atoms with Crippen LogP contribution in [0.5, 0.6) is 0 Å². The normalized spacial score (nSPS) is 10.8. The Morgan fingerprint density at radius 2 is 2.00 bits per heavy atom. The molecular weight excluding hydrogens is 204 g/mol. The van der Waals surface area contributed by atoms with E-state index in [2.05, 4.69) is 0 Å². The van der Waals surface area contributed by atoms with E-state index in [1.54, 1.807) is 14.2 Å². The molecule has 0 aliphatic rings. The lowest BCUT2D eigenvalue weighted by atomic mass is 10.2. The Balaban J connectivity index is 2.62. The molecule has 0 aliphatic carbocycles. The van der Waals surface area contributed by atoms with Crippen molar-refractivity contribution in [3.63, 3.8) is 0 Å². The highest BCUT2D eigenvalue weighted by Crippen LogP contribution is 2.12. The van der Waals surface area contributed by atoms with Crippen LogP contribution in [0, 0.1) is 0 Å². The van der Waals surface area contributed by atoms with Gasteiger partial charge in [0.2, 0.25) is 0 Å². The molecule has 4 heteroatoms. The molecule has 0 N–H and O–H groups in total. The van der Waals surface area contributed by atoms with Crippen LogP contribution < -0.4 is 0 Å². The third-order valence-corrected chi connectivity index (χ3v) is 3.91. The van der Waals surface area contributed by atoms with Crippen molar-refractivity contribution in [3.8, 4) is 0 Å². The Bertz CT molecular complexity index is 264. The Morgan fingerprint density at radius 3 is 2.54 bits per heavy atom. The summed E-state index contributed by atoms with van der Waals surface area (Å²) in [5, 5.41) is 0.762. The summed E-state index contributed by atoms with van der Waals surface area (Å²) < 4.78 is 10.4. The largest absolute Gasteiger partial charge is 0.400 e. The van der Waals surface area contributed by atoms with Gasteiger partial charge >= 0.3 is 9.28 Å². The zero-order chi connectivity index (χ0) is 9.68. The molecule has 0 heterocycles. The number of hydrogen-bond donors (Lipinski definition) is 0. The topological polar surface area (TPSA) is 18.5 Å². The molecule has 0 spiro atoms. The van der Waals surface area contributed by atoms with E-state index in [0.29, 0.717) is 0 Å². The van der Waals surface area contributed by atoms with Crippen LogP contribution in [-0.2, 0) is 14.9 Å². The van der Waals surface area contributed by atoms with Gasteiger partial charge in [0.1, 0.15) is 0 Å². The first-order chi connectivity index (χ1) is 6.26. The van der Waals surface area contributed by atoms with Gasteiger partial charge in [-0.25, -0.2) is 0 Å². The second-order valence-corrected chi connectivity index (χ2v) is 5.38. The van der Waals surface area contributed by atoms with Gasteiger partial charge in [-0.2, -0.15) is 0 Å². The average Bonchev–Trinajstić information content (AvgIpc) is 2.14. The highest BCUT2D eigenvalue weighted by Gasteiger charge is 2.10. The Labute approximate surface area is 85.3 Å². The molecule has 13 heavy (non-hydrogen) atoms. The number of hydrogen-bond acceptors (Lipinski definition) is 2. The predicted octanol–water partition coefficient (Wildman–Crippen LogP) is 1.93. The molecule has 0 saturated carbocycles. The summed E-state index contributed by atoms with van der Waals surface area (Å²) in [6, 6.07) is 8.63. The van der Waals surface area contributed by atoms with Crippen molar-refractivity contribution in [2.24, 2.45) is 0 Å². The summed E-state index contributed by atoms with van der Waals surface area (Å²) in [7, 11) is 1.87. The van der Waals surface area contributed by atoms with Gasteiger partial charge in [-0.05, 0) is 17.7 Å². The van der Waals surface area contributed by atoms with Gasteiger partial charge in [-0.3, -0.25) is 0 Å². The summed E-state index contributed by atoms with van der Waals surface area (Å²) in [5.41, 5.74) is 1.17. The van der Waals surface area contributed by atoms with E-state index in [4.69, 9.17) is 20.5 Å². The van der Waals surface area contributed by atoms with Gasteiger partial charge in [0, 0.05) is 25.3 Å². The van der Waals surface area contributed by atoms with Gasteiger partial charge in [-0.1, -0.05) is 23.7 Å². The average molecular weight is 217 g/mol. The zero-order valence-electron chi connectivity index (χ0n) is 7.79. The molecule has 0 aliphatic heterocycles. The van der Waals surface area contributed by atoms with Gasteiger partial charge in [-0.15, -0.1) is 0 Å². The molecule has 72 valence electrons.